The van der Waals surface area contributed by atoms with E-state index in [1.54, 1.807) is 0 Å². The Kier molecular flexibility index (Phi) is 5.64. The molecule has 1 fully saturated rings. The van der Waals surface area contributed by atoms with Gasteiger partial charge in [-0.15, -0.1) is 0 Å². The third-order valence-electron chi connectivity index (χ3n) is 5.51. The van der Waals surface area contributed by atoms with E-state index in [9.17, 15) is 9.59 Å². The Labute approximate surface area is 161 Å². The molecule has 4 nitrogen and oxygen atoms in total. The summed E-state index contributed by atoms with van der Waals surface area (Å²) < 4.78 is 0. The van der Waals surface area contributed by atoms with Gasteiger partial charge < -0.3 is 10.2 Å². The summed E-state index contributed by atoms with van der Waals surface area (Å²) in [5.41, 5.74) is 6.46. The van der Waals surface area contributed by atoms with Crippen molar-refractivity contribution in [3.63, 3.8) is 0 Å². The van der Waals surface area contributed by atoms with Gasteiger partial charge in [0.1, 0.15) is 0 Å². The van der Waals surface area contributed by atoms with Crippen molar-refractivity contribution in [2.45, 2.75) is 47.0 Å². The molecule has 1 atom stereocenters. The minimum Gasteiger partial charge on any atom is -0.326 e. The maximum absolute atomic E-state index is 12.8. The van der Waals surface area contributed by atoms with Crippen LogP contribution in [0.5, 0.6) is 0 Å². The quantitative estimate of drug-likeness (QED) is 0.854. The van der Waals surface area contributed by atoms with Crippen molar-refractivity contribution in [2.75, 3.05) is 16.8 Å². The van der Waals surface area contributed by atoms with Crippen molar-refractivity contribution in [3.8, 4) is 0 Å². The molecule has 3 rings (SSSR count). The van der Waals surface area contributed by atoms with Crippen molar-refractivity contribution in [1.29, 1.82) is 0 Å². The molecule has 0 saturated carbocycles. The molecule has 2 aromatic carbocycles. The van der Waals surface area contributed by atoms with Crippen LogP contribution >= 0.6 is 0 Å². The van der Waals surface area contributed by atoms with E-state index < -0.39 is 0 Å². The fourth-order valence-corrected chi connectivity index (χ4v) is 3.72. The largest absolute Gasteiger partial charge is 0.326 e. The van der Waals surface area contributed by atoms with Gasteiger partial charge >= 0.3 is 0 Å². The van der Waals surface area contributed by atoms with Crippen LogP contribution in [0.1, 0.15) is 42.5 Å². The number of hydrogen-bond donors (Lipinski definition) is 1. The van der Waals surface area contributed by atoms with Gasteiger partial charge in [-0.3, -0.25) is 9.59 Å². The molecule has 0 spiro atoms. The second-order valence-corrected chi connectivity index (χ2v) is 7.33. The zero-order valence-corrected chi connectivity index (χ0v) is 16.6. The maximum atomic E-state index is 12.8. The normalized spacial score (nSPS) is 16.7. The summed E-state index contributed by atoms with van der Waals surface area (Å²) in [7, 11) is 0. The average molecular weight is 364 g/mol. The van der Waals surface area contributed by atoms with Gasteiger partial charge in [-0.25, -0.2) is 0 Å². The lowest BCUT2D eigenvalue weighted by Crippen LogP contribution is -2.29. The highest BCUT2D eigenvalue weighted by Gasteiger charge is 2.36. The van der Waals surface area contributed by atoms with Crippen LogP contribution in [0.3, 0.4) is 0 Å². The maximum Gasteiger partial charge on any atom is 0.229 e. The molecule has 0 radical (unpaired) electrons. The van der Waals surface area contributed by atoms with Crippen molar-refractivity contribution in [2.24, 2.45) is 5.92 Å². The van der Waals surface area contributed by atoms with Crippen molar-refractivity contribution >= 4 is 23.2 Å². The lowest BCUT2D eigenvalue weighted by atomic mass is 10.0. The molecule has 0 aromatic heterocycles. The molecule has 1 aliphatic heterocycles. The minimum atomic E-state index is -0.325. The molecule has 0 unspecified atom stereocenters. The highest BCUT2D eigenvalue weighted by atomic mass is 16.2. The smallest absolute Gasteiger partial charge is 0.229 e. The van der Waals surface area contributed by atoms with Crippen LogP contribution < -0.4 is 10.2 Å². The molecule has 0 bridgehead atoms. The number of carbonyl (C=O) groups excluding carboxylic acids is 2. The first-order valence-corrected chi connectivity index (χ1v) is 9.73. The first-order chi connectivity index (χ1) is 12.9. The zero-order chi connectivity index (χ0) is 19.6. The van der Waals surface area contributed by atoms with Crippen LogP contribution in [-0.2, 0) is 22.4 Å². The highest BCUT2D eigenvalue weighted by molar-refractivity contribution is 6.04. The molecule has 27 heavy (non-hydrogen) atoms. The van der Waals surface area contributed by atoms with Crippen molar-refractivity contribution in [3.05, 3.63) is 58.7 Å². The predicted octanol–water partition coefficient (Wildman–Crippen LogP) is 4.42. The number of carbonyl (C=O) groups is 2. The topological polar surface area (TPSA) is 49.4 Å². The zero-order valence-electron chi connectivity index (χ0n) is 16.6. The molecule has 1 saturated heterocycles. The molecular formula is C23H28N2O2. The lowest BCUT2D eigenvalue weighted by molar-refractivity contribution is -0.122. The van der Waals surface area contributed by atoms with E-state index in [0.29, 0.717) is 6.54 Å². The Morgan fingerprint density at radius 2 is 1.74 bits per heavy atom. The Morgan fingerprint density at radius 1 is 1.07 bits per heavy atom. The third kappa shape index (κ3) is 3.90. The highest BCUT2D eigenvalue weighted by Crippen LogP contribution is 2.32. The predicted molar refractivity (Wildman–Crippen MR) is 110 cm³/mol. The molecule has 2 aromatic rings. The number of nitrogens with zero attached hydrogens (tertiary/aromatic N) is 1. The second-order valence-electron chi connectivity index (χ2n) is 7.33. The van der Waals surface area contributed by atoms with Crippen LogP contribution in [0, 0.1) is 19.8 Å². The minimum absolute atomic E-state index is 0.0332. The van der Waals surface area contributed by atoms with Crippen LogP contribution in [-0.4, -0.2) is 18.4 Å². The molecular weight excluding hydrogens is 336 g/mol. The number of nitrogens with one attached hydrogen (secondary N) is 1. The van der Waals surface area contributed by atoms with Gasteiger partial charge in [0.15, 0.2) is 0 Å². The van der Waals surface area contributed by atoms with Crippen LogP contribution in [0.2, 0.25) is 0 Å². The molecule has 4 heteroatoms. The van der Waals surface area contributed by atoms with Crippen LogP contribution in [0.4, 0.5) is 11.4 Å². The van der Waals surface area contributed by atoms with Gasteiger partial charge in [0.05, 0.1) is 5.92 Å². The molecule has 1 aliphatic rings. The summed E-state index contributed by atoms with van der Waals surface area (Å²) in [4.78, 5) is 27.3. The first-order valence-electron chi connectivity index (χ1n) is 9.73. The first kappa shape index (κ1) is 19.2. The van der Waals surface area contributed by atoms with Crippen LogP contribution in [0.15, 0.2) is 36.4 Å². The summed E-state index contributed by atoms with van der Waals surface area (Å²) in [6, 6.07) is 12.1. The van der Waals surface area contributed by atoms with E-state index >= 15 is 0 Å². The molecule has 1 N–H and O–H groups in total. The van der Waals surface area contributed by atoms with E-state index in [1.165, 1.54) is 5.56 Å². The van der Waals surface area contributed by atoms with E-state index in [1.807, 2.05) is 43.0 Å². The second kappa shape index (κ2) is 7.95. The molecule has 142 valence electrons. The standard InChI is InChI=1S/C23H28N2O2/c1-5-17-8-7-9-18(6-2)22(17)25-14-19(13-21(25)26)23(27)24-20-11-10-15(3)16(4)12-20/h7-12,19H,5-6,13-14H2,1-4H3,(H,24,27)/t19-/m0/s1. The Bertz CT molecular complexity index is 850. The summed E-state index contributed by atoms with van der Waals surface area (Å²) in [6.07, 6.45) is 2.00. The Balaban J connectivity index is 1.79. The van der Waals surface area contributed by atoms with Gasteiger partial charge in [-0.05, 0) is 61.1 Å². The number of hydrogen-bond acceptors (Lipinski definition) is 2. The Morgan fingerprint density at radius 3 is 2.33 bits per heavy atom. The number of anilines is 2. The van der Waals surface area contributed by atoms with Gasteiger partial charge in [0.2, 0.25) is 11.8 Å². The number of rotatable bonds is 5. The molecule has 2 amide bonds. The van der Waals surface area contributed by atoms with E-state index in [-0.39, 0.29) is 24.2 Å². The SMILES string of the molecule is CCc1cccc(CC)c1N1C[C@@H](C(=O)Nc2ccc(C)c(C)c2)CC1=O. The fourth-order valence-electron chi connectivity index (χ4n) is 3.72. The van der Waals surface area contributed by atoms with Gasteiger partial charge in [-0.2, -0.15) is 0 Å². The lowest BCUT2D eigenvalue weighted by Gasteiger charge is -2.23. The van der Waals surface area contributed by atoms with Crippen molar-refractivity contribution < 1.29 is 9.59 Å². The van der Waals surface area contributed by atoms with E-state index in [0.717, 1.165) is 40.9 Å². The summed E-state index contributed by atoms with van der Waals surface area (Å²) >= 11 is 0. The number of amides is 2. The summed E-state index contributed by atoms with van der Waals surface area (Å²) in [5.74, 6) is -0.374. The Hall–Kier alpha value is -2.62. The van der Waals surface area contributed by atoms with Gasteiger partial charge in [0.25, 0.3) is 0 Å². The number of benzene rings is 2. The average Bonchev–Trinajstić information content (AvgIpc) is 3.05. The van der Waals surface area contributed by atoms with Gasteiger partial charge in [0, 0.05) is 24.3 Å². The molecule has 0 aliphatic carbocycles. The number of aryl methyl sites for hydroxylation is 4. The molecule has 1 heterocycles. The number of para-hydroxylation sites is 1. The third-order valence-corrected chi connectivity index (χ3v) is 5.51. The van der Waals surface area contributed by atoms with Crippen LogP contribution in [0.25, 0.3) is 0 Å². The van der Waals surface area contributed by atoms with Crippen molar-refractivity contribution in [1.82, 2.24) is 0 Å². The fraction of sp³-hybridized carbons (Fsp3) is 0.391. The van der Waals surface area contributed by atoms with E-state index in [2.05, 4.69) is 31.3 Å². The monoisotopic (exact) mass is 364 g/mol. The van der Waals surface area contributed by atoms with E-state index in [4.69, 9.17) is 0 Å². The summed E-state index contributed by atoms with van der Waals surface area (Å²) in [6.45, 7) is 8.72. The summed E-state index contributed by atoms with van der Waals surface area (Å²) in [5, 5.41) is 2.98. The van der Waals surface area contributed by atoms with Gasteiger partial charge in [-0.1, -0.05) is 38.1 Å².